The van der Waals surface area contributed by atoms with Crippen LogP contribution in [0.2, 0.25) is 0 Å². The van der Waals surface area contributed by atoms with Crippen LogP contribution in [-0.4, -0.2) is 9.97 Å². The molecule has 5 nitrogen and oxygen atoms in total. The van der Waals surface area contributed by atoms with Gasteiger partial charge in [0, 0.05) is 12.0 Å². The summed E-state index contributed by atoms with van der Waals surface area (Å²) in [5, 5.41) is 0. The van der Waals surface area contributed by atoms with Gasteiger partial charge in [-0.25, -0.2) is 15.8 Å². The zero-order chi connectivity index (χ0) is 8.55. The molecule has 0 spiro atoms. The first kappa shape index (κ1) is 7.30. The van der Waals surface area contributed by atoms with Crippen LogP contribution in [0, 0.1) is 0 Å². The first-order chi connectivity index (χ1) is 5.79. The van der Waals surface area contributed by atoms with Gasteiger partial charge >= 0.3 is 0 Å². The predicted octanol–water partition coefficient (Wildman–Crippen LogP) is 0.222. The van der Waals surface area contributed by atoms with E-state index in [0.29, 0.717) is 17.6 Å². The molecular formula is C7H11N5. The zero-order valence-electron chi connectivity index (χ0n) is 6.62. The van der Waals surface area contributed by atoms with E-state index in [1.165, 1.54) is 0 Å². The Morgan fingerprint density at radius 3 is 2.75 bits per heavy atom. The van der Waals surface area contributed by atoms with Crippen molar-refractivity contribution in [3.63, 3.8) is 0 Å². The predicted molar refractivity (Wildman–Crippen MR) is 46.2 cm³/mol. The molecule has 1 aromatic heterocycles. The van der Waals surface area contributed by atoms with Crippen LogP contribution in [0.15, 0.2) is 6.07 Å². The molecule has 1 aromatic rings. The number of hydrogen-bond acceptors (Lipinski definition) is 5. The molecule has 0 radical (unpaired) electrons. The van der Waals surface area contributed by atoms with E-state index < -0.39 is 0 Å². The van der Waals surface area contributed by atoms with Gasteiger partial charge in [-0.2, -0.15) is 0 Å². The van der Waals surface area contributed by atoms with Gasteiger partial charge in [-0.15, -0.1) is 0 Å². The van der Waals surface area contributed by atoms with Gasteiger partial charge in [-0.05, 0) is 12.8 Å². The second kappa shape index (κ2) is 2.60. The van der Waals surface area contributed by atoms with E-state index >= 15 is 0 Å². The molecule has 1 aliphatic carbocycles. The molecule has 1 heterocycles. The summed E-state index contributed by atoms with van der Waals surface area (Å²) in [5.74, 6) is 7.58. The fourth-order valence-electron chi connectivity index (χ4n) is 1.08. The molecular weight excluding hydrogens is 154 g/mol. The normalized spacial score (nSPS) is 16.1. The summed E-state index contributed by atoms with van der Waals surface area (Å²) in [6.45, 7) is 0. The van der Waals surface area contributed by atoms with Gasteiger partial charge in [-0.3, -0.25) is 0 Å². The number of anilines is 2. The Balaban J connectivity index is 2.34. The van der Waals surface area contributed by atoms with E-state index in [0.717, 1.165) is 18.7 Å². The van der Waals surface area contributed by atoms with E-state index in [4.69, 9.17) is 11.6 Å². The maximum absolute atomic E-state index is 5.55. The molecule has 1 saturated carbocycles. The summed E-state index contributed by atoms with van der Waals surface area (Å²) in [5.41, 5.74) is 8.01. The molecule has 0 saturated heterocycles. The third kappa shape index (κ3) is 1.31. The Hall–Kier alpha value is -1.36. The number of rotatable bonds is 2. The van der Waals surface area contributed by atoms with E-state index in [2.05, 4.69) is 15.4 Å². The lowest BCUT2D eigenvalue weighted by Crippen LogP contribution is -2.11. The molecule has 1 fully saturated rings. The largest absolute Gasteiger partial charge is 0.384 e. The maximum atomic E-state index is 5.55. The molecule has 0 amide bonds. The van der Waals surface area contributed by atoms with Gasteiger partial charge in [0.1, 0.15) is 17.5 Å². The highest BCUT2D eigenvalue weighted by Crippen LogP contribution is 2.38. The SMILES string of the molecule is NNc1cc(N)nc(C2CC2)n1. The molecule has 5 heteroatoms. The smallest absolute Gasteiger partial charge is 0.145 e. The Kier molecular flexibility index (Phi) is 1.58. The molecule has 0 atom stereocenters. The van der Waals surface area contributed by atoms with Crippen LogP contribution in [0.3, 0.4) is 0 Å². The van der Waals surface area contributed by atoms with Gasteiger partial charge in [0.25, 0.3) is 0 Å². The lowest BCUT2D eigenvalue weighted by molar-refractivity contribution is 0.931. The first-order valence-corrected chi connectivity index (χ1v) is 3.90. The van der Waals surface area contributed by atoms with Crippen LogP contribution >= 0.6 is 0 Å². The van der Waals surface area contributed by atoms with Crippen molar-refractivity contribution in [3.05, 3.63) is 11.9 Å². The summed E-state index contributed by atoms with van der Waals surface area (Å²) < 4.78 is 0. The highest BCUT2D eigenvalue weighted by molar-refractivity contribution is 5.44. The quantitative estimate of drug-likeness (QED) is 0.431. The van der Waals surface area contributed by atoms with E-state index in [-0.39, 0.29) is 0 Å². The van der Waals surface area contributed by atoms with Crippen LogP contribution in [0.5, 0.6) is 0 Å². The van der Waals surface area contributed by atoms with Crippen LogP contribution in [0.25, 0.3) is 0 Å². The van der Waals surface area contributed by atoms with Gasteiger partial charge < -0.3 is 11.2 Å². The summed E-state index contributed by atoms with van der Waals surface area (Å²) >= 11 is 0. The molecule has 2 rings (SSSR count). The molecule has 0 aliphatic heterocycles. The third-order valence-electron chi connectivity index (χ3n) is 1.85. The number of nitrogens with zero attached hydrogens (tertiary/aromatic N) is 2. The highest BCUT2D eigenvalue weighted by Gasteiger charge is 2.27. The third-order valence-corrected chi connectivity index (χ3v) is 1.85. The number of nitrogens with two attached hydrogens (primary N) is 2. The number of aromatic nitrogens is 2. The van der Waals surface area contributed by atoms with Crippen molar-refractivity contribution in [1.82, 2.24) is 9.97 Å². The molecule has 0 bridgehead atoms. The van der Waals surface area contributed by atoms with E-state index in [1.807, 2.05) is 0 Å². The number of nitrogens with one attached hydrogen (secondary N) is 1. The van der Waals surface area contributed by atoms with Gasteiger partial charge in [0.2, 0.25) is 0 Å². The van der Waals surface area contributed by atoms with E-state index in [9.17, 15) is 0 Å². The molecule has 0 unspecified atom stereocenters. The molecule has 64 valence electrons. The Morgan fingerprint density at radius 2 is 2.17 bits per heavy atom. The van der Waals surface area contributed by atoms with Crippen molar-refractivity contribution in [2.24, 2.45) is 5.84 Å². The minimum Gasteiger partial charge on any atom is -0.384 e. The Bertz CT molecular complexity index is 294. The lowest BCUT2D eigenvalue weighted by Gasteiger charge is -2.02. The van der Waals surface area contributed by atoms with Crippen LogP contribution in [0.1, 0.15) is 24.6 Å². The second-order valence-corrected chi connectivity index (χ2v) is 2.95. The van der Waals surface area contributed by atoms with Crippen molar-refractivity contribution in [2.45, 2.75) is 18.8 Å². The first-order valence-electron chi connectivity index (χ1n) is 3.90. The summed E-state index contributed by atoms with van der Waals surface area (Å²) in [7, 11) is 0. The van der Waals surface area contributed by atoms with Crippen LogP contribution in [-0.2, 0) is 0 Å². The van der Waals surface area contributed by atoms with Crippen molar-refractivity contribution in [1.29, 1.82) is 0 Å². The molecule has 5 N–H and O–H groups in total. The molecule has 0 aromatic carbocycles. The molecule has 1 aliphatic rings. The highest BCUT2D eigenvalue weighted by atomic mass is 15.3. The maximum Gasteiger partial charge on any atom is 0.145 e. The standard InChI is InChI=1S/C7H11N5/c8-5-3-6(12-9)11-7(10-5)4-1-2-4/h3-4H,1-2,9H2,(H3,8,10,11,12). The fourth-order valence-corrected chi connectivity index (χ4v) is 1.08. The van der Waals surface area contributed by atoms with Gasteiger partial charge in [-0.1, -0.05) is 0 Å². The number of nitrogen functional groups attached to an aromatic ring is 2. The average molecular weight is 165 g/mol. The summed E-state index contributed by atoms with van der Waals surface area (Å²) in [6, 6.07) is 1.62. The topological polar surface area (TPSA) is 89.8 Å². The van der Waals surface area contributed by atoms with Crippen LogP contribution in [0.4, 0.5) is 11.6 Å². The second-order valence-electron chi connectivity index (χ2n) is 2.95. The number of hydrazine groups is 1. The lowest BCUT2D eigenvalue weighted by atomic mass is 10.4. The average Bonchev–Trinajstić information content (AvgIpc) is 2.85. The Morgan fingerprint density at radius 1 is 1.42 bits per heavy atom. The fraction of sp³-hybridized carbons (Fsp3) is 0.429. The van der Waals surface area contributed by atoms with E-state index in [1.54, 1.807) is 6.07 Å². The van der Waals surface area contributed by atoms with Gasteiger partial charge in [0.15, 0.2) is 0 Å². The monoisotopic (exact) mass is 165 g/mol. The Labute approximate surface area is 70.2 Å². The zero-order valence-corrected chi connectivity index (χ0v) is 6.62. The van der Waals surface area contributed by atoms with Crippen molar-refractivity contribution >= 4 is 11.6 Å². The minimum atomic E-state index is 0.472. The number of hydrogen-bond donors (Lipinski definition) is 3. The molecule has 12 heavy (non-hydrogen) atoms. The van der Waals surface area contributed by atoms with Crippen molar-refractivity contribution < 1.29 is 0 Å². The minimum absolute atomic E-state index is 0.472. The van der Waals surface area contributed by atoms with Gasteiger partial charge in [0.05, 0.1) is 0 Å². The van der Waals surface area contributed by atoms with Crippen molar-refractivity contribution in [2.75, 3.05) is 11.2 Å². The van der Waals surface area contributed by atoms with Crippen LogP contribution < -0.4 is 17.0 Å². The summed E-state index contributed by atoms with van der Waals surface area (Å²) in [4.78, 5) is 8.30. The summed E-state index contributed by atoms with van der Waals surface area (Å²) in [6.07, 6.45) is 2.32. The van der Waals surface area contributed by atoms with Crippen molar-refractivity contribution in [3.8, 4) is 0 Å².